The number of furan rings is 1. The molecule has 1 aliphatic heterocycles. The number of carbonyl (C=O) groups is 1. The van der Waals surface area contributed by atoms with Crippen LogP contribution in [0.5, 0.6) is 5.75 Å². The zero-order chi connectivity index (χ0) is 22.1. The standard InChI is InChI=1S/C22H16ClN3O5/c1-13-18(22(27)25(24-13)16-5-3-4-15(23)11-16)12-17-7-9-20(31-17)14-6-8-21(30-2)19(10-14)26(28)29/h3-12H,1-2H3/b18-12+. The molecule has 0 saturated carbocycles. The maximum atomic E-state index is 12.9. The second kappa shape index (κ2) is 8.08. The third-order valence-electron chi connectivity index (χ3n) is 4.69. The SMILES string of the molecule is COc1ccc(-c2ccc(/C=C3/C(=O)N(c4cccc(Cl)c4)N=C3C)o2)cc1[N+](=O)[O-]. The Kier molecular flexibility index (Phi) is 5.31. The molecular formula is C22H16ClN3O5. The van der Waals surface area contributed by atoms with Gasteiger partial charge in [0.05, 0.1) is 29.0 Å². The van der Waals surface area contributed by atoms with Crippen LogP contribution in [0.1, 0.15) is 12.7 Å². The lowest BCUT2D eigenvalue weighted by atomic mass is 10.1. The summed E-state index contributed by atoms with van der Waals surface area (Å²) in [6.45, 7) is 1.73. The van der Waals surface area contributed by atoms with Gasteiger partial charge in [0.2, 0.25) is 0 Å². The van der Waals surface area contributed by atoms with E-state index in [2.05, 4.69) is 5.10 Å². The van der Waals surface area contributed by atoms with Crippen molar-refractivity contribution >= 4 is 40.7 Å². The molecule has 0 unspecified atom stereocenters. The number of carbonyl (C=O) groups excluding carboxylic acids is 1. The molecule has 1 amide bonds. The molecule has 0 bridgehead atoms. The summed E-state index contributed by atoms with van der Waals surface area (Å²) in [4.78, 5) is 23.6. The molecule has 0 radical (unpaired) electrons. The third kappa shape index (κ3) is 3.93. The van der Waals surface area contributed by atoms with Crippen LogP contribution in [0.15, 0.2) is 69.7 Å². The van der Waals surface area contributed by atoms with Crippen LogP contribution in [0.2, 0.25) is 5.02 Å². The minimum Gasteiger partial charge on any atom is -0.490 e. The largest absolute Gasteiger partial charge is 0.490 e. The molecule has 2 aromatic carbocycles. The van der Waals surface area contributed by atoms with Gasteiger partial charge < -0.3 is 9.15 Å². The van der Waals surface area contributed by atoms with Crippen molar-refractivity contribution in [3.05, 3.63) is 81.1 Å². The zero-order valence-corrected chi connectivity index (χ0v) is 17.3. The molecule has 0 fully saturated rings. The van der Waals surface area contributed by atoms with Crippen molar-refractivity contribution in [2.24, 2.45) is 5.10 Å². The van der Waals surface area contributed by atoms with Gasteiger partial charge in [0.15, 0.2) is 5.75 Å². The molecule has 0 N–H and O–H groups in total. The molecule has 9 heteroatoms. The summed E-state index contributed by atoms with van der Waals surface area (Å²) in [6.07, 6.45) is 1.59. The van der Waals surface area contributed by atoms with Crippen molar-refractivity contribution in [2.75, 3.05) is 12.1 Å². The topological polar surface area (TPSA) is 98.2 Å². The minimum absolute atomic E-state index is 0.159. The highest BCUT2D eigenvalue weighted by atomic mass is 35.5. The van der Waals surface area contributed by atoms with Crippen LogP contribution in [0.3, 0.4) is 0 Å². The predicted octanol–water partition coefficient (Wildman–Crippen LogP) is 5.32. The van der Waals surface area contributed by atoms with E-state index in [1.165, 1.54) is 24.3 Å². The maximum absolute atomic E-state index is 12.9. The number of nitro groups is 1. The zero-order valence-electron chi connectivity index (χ0n) is 16.5. The van der Waals surface area contributed by atoms with Crippen LogP contribution < -0.4 is 9.75 Å². The van der Waals surface area contributed by atoms with Gasteiger partial charge in [-0.2, -0.15) is 10.1 Å². The summed E-state index contributed by atoms with van der Waals surface area (Å²) in [7, 11) is 1.37. The molecule has 8 nitrogen and oxygen atoms in total. The van der Waals surface area contributed by atoms with E-state index in [4.69, 9.17) is 20.8 Å². The van der Waals surface area contributed by atoms with Crippen LogP contribution in [0.25, 0.3) is 17.4 Å². The van der Waals surface area contributed by atoms with Crippen LogP contribution in [-0.2, 0) is 4.79 Å². The molecule has 0 aliphatic carbocycles. The van der Waals surface area contributed by atoms with Crippen LogP contribution in [0, 0.1) is 10.1 Å². The predicted molar refractivity (Wildman–Crippen MR) is 117 cm³/mol. The summed E-state index contributed by atoms with van der Waals surface area (Å²) in [6, 6.07) is 14.8. The van der Waals surface area contributed by atoms with E-state index < -0.39 is 4.92 Å². The van der Waals surface area contributed by atoms with Gasteiger partial charge in [0.1, 0.15) is 11.5 Å². The smallest absolute Gasteiger partial charge is 0.311 e. The number of hydrazone groups is 1. The van der Waals surface area contributed by atoms with Crippen molar-refractivity contribution < 1.29 is 18.9 Å². The summed E-state index contributed by atoms with van der Waals surface area (Å²) >= 11 is 6.02. The van der Waals surface area contributed by atoms with E-state index in [-0.39, 0.29) is 17.3 Å². The Morgan fingerprint density at radius 1 is 1.19 bits per heavy atom. The molecule has 4 rings (SSSR count). The number of ether oxygens (including phenoxy) is 1. The quantitative estimate of drug-likeness (QED) is 0.305. The Bertz CT molecular complexity index is 1260. The number of anilines is 1. The maximum Gasteiger partial charge on any atom is 0.311 e. The second-order valence-corrected chi connectivity index (χ2v) is 7.12. The van der Waals surface area contributed by atoms with E-state index in [0.29, 0.717) is 39.1 Å². The monoisotopic (exact) mass is 437 g/mol. The number of hydrogen-bond acceptors (Lipinski definition) is 6. The number of halogens is 1. The second-order valence-electron chi connectivity index (χ2n) is 6.69. The van der Waals surface area contributed by atoms with Crippen molar-refractivity contribution in [3.8, 4) is 17.1 Å². The van der Waals surface area contributed by atoms with E-state index in [9.17, 15) is 14.9 Å². The first-order valence-electron chi connectivity index (χ1n) is 9.17. The number of hydrogen-bond donors (Lipinski definition) is 0. The highest BCUT2D eigenvalue weighted by Crippen LogP contribution is 2.33. The van der Waals surface area contributed by atoms with Crippen molar-refractivity contribution in [2.45, 2.75) is 6.92 Å². The van der Waals surface area contributed by atoms with Gasteiger partial charge in [0.25, 0.3) is 5.91 Å². The molecule has 3 aromatic rings. The lowest BCUT2D eigenvalue weighted by Crippen LogP contribution is -2.21. The molecular weight excluding hydrogens is 422 g/mol. The molecule has 2 heterocycles. The molecule has 0 saturated heterocycles. The fraction of sp³-hybridized carbons (Fsp3) is 0.0909. The van der Waals surface area contributed by atoms with Crippen LogP contribution >= 0.6 is 11.6 Å². The van der Waals surface area contributed by atoms with Gasteiger partial charge in [-0.1, -0.05) is 17.7 Å². The van der Waals surface area contributed by atoms with E-state index in [1.807, 2.05) is 0 Å². The molecule has 31 heavy (non-hydrogen) atoms. The number of amides is 1. The average Bonchev–Trinajstić information content (AvgIpc) is 3.33. The van der Waals surface area contributed by atoms with E-state index in [1.54, 1.807) is 55.5 Å². The lowest BCUT2D eigenvalue weighted by Gasteiger charge is -2.11. The summed E-state index contributed by atoms with van der Waals surface area (Å²) in [5.41, 5.74) is 1.82. The fourth-order valence-corrected chi connectivity index (χ4v) is 3.37. The van der Waals surface area contributed by atoms with Gasteiger partial charge in [-0.15, -0.1) is 0 Å². The Hall–Kier alpha value is -3.91. The van der Waals surface area contributed by atoms with Gasteiger partial charge in [-0.05, 0) is 55.5 Å². The Morgan fingerprint density at radius 3 is 2.71 bits per heavy atom. The van der Waals surface area contributed by atoms with Crippen LogP contribution in [-0.4, -0.2) is 23.7 Å². The van der Waals surface area contributed by atoms with E-state index >= 15 is 0 Å². The number of rotatable bonds is 5. The summed E-state index contributed by atoms with van der Waals surface area (Å²) in [5, 5.41) is 17.4. The van der Waals surface area contributed by atoms with Gasteiger partial charge in [-0.25, -0.2) is 0 Å². The Labute approximate surface area is 182 Å². The number of nitro benzene ring substituents is 1. The van der Waals surface area contributed by atoms with E-state index in [0.717, 1.165) is 0 Å². The summed E-state index contributed by atoms with van der Waals surface area (Å²) in [5.74, 6) is 0.689. The Morgan fingerprint density at radius 2 is 2.00 bits per heavy atom. The average molecular weight is 438 g/mol. The fourth-order valence-electron chi connectivity index (χ4n) is 3.18. The number of benzene rings is 2. The molecule has 0 spiro atoms. The number of nitrogens with zero attached hydrogens (tertiary/aromatic N) is 3. The Balaban J connectivity index is 1.63. The van der Waals surface area contributed by atoms with Crippen molar-refractivity contribution in [3.63, 3.8) is 0 Å². The summed E-state index contributed by atoms with van der Waals surface area (Å²) < 4.78 is 10.8. The minimum atomic E-state index is -0.518. The first-order chi connectivity index (χ1) is 14.9. The first-order valence-corrected chi connectivity index (χ1v) is 9.55. The van der Waals surface area contributed by atoms with Gasteiger partial charge in [-0.3, -0.25) is 14.9 Å². The molecule has 0 atom stereocenters. The molecule has 1 aromatic heterocycles. The van der Waals surface area contributed by atoms with Gasteiger partial charge >= 0.3 is 5.69 Å². The molecule has 1 aliphatic rings. The van der Waals surface area contributed by atoms with Crippen molar-refractivity contribution in [1.29, 1.82) is 0 Å². The normalized spacial score (nSPS) is 14.8. The lowest BCUT2D eigenvalue weighted by molar-refractivity contribution is -0.385. The molecule has 156 valence electrons. The highest BCUT2D eigenvalue weighted by Gasteiger charge is 2.29. The first kappa shape index (κ1) is 20.4. The third-order valence-corrected chi connectivity index (χ3v) is 4.92. The van der Waals surface area contributed by atoms with Gasteiger partial charge in [0, 0.05) is 16.7 Å². The highest BCUT2D eigenvalue weighted by molar-refractivity contribution is 6.33. The van der Waals surface area contributed by atoms with Crippen molar-refractivity contribution in [1.82, 2.24) is 0 Å². The number of methoxy groups -OCH3 is 1. The van der Waals surface area contributed by atoms with Crippen LogP contribution in [0.4, 0.5) is 11.4 Å².